The first-order valence-electron chi connectivity index (χ1n) is 6.89. The van der Waals surface area contributed by atoms with E-state index in [1.807, 2.05) is 6.92 Å². The van der Waals surface area contributed by atoms with Crippen molar-refractivity contribution in [2.45, 2.75) is 64.9 Å². The summed E-state index contributed by atoms with van der Waals surface area (Å²) in [6.07, 6.45) is 5.90. The first-order chi connectivity index (χ1) is 8.20. The van der Waals surface area contributed by atoms with Crippen molar-refractivity contribution in [2.24, 2.45) is 5.92 Å². The van der Waals surface area contributed by atoms with Gasteiger partial charge in [0.1, 0.15) is 0 Å². The third kappa shape index (κ3) is 4.23. The average molecular weight is 240 g/mol. The van der Waals surface area contributed by atoms with Gasteiger partial charge in [-0.3, -0.25) is 9.59 Å². The molecule has 3 nitrogen and oxygen atoms in total. The zero-order chi connectivity index (χ0) is 12.7. The summed E-state index contributed by atoms with van der Waals surface area (Å²) in [5, 5.41) is 0. The van der Waals surface area contributed by atoms with Gasteiger partial charge in [0.2, 0.25) is 5.78 Å². The molecule has 17 heavy (non-hydrogen) atoms. The zero-order valence-electron chi connectivity index (χ0n) is 11.0. The molecule has 1 saturated carbocycles. The van der Waals surface area contributed by atoms with E-state index in [0.29, 0.717) is 13.0 Å². The van der Waals surface area contributed by atoms with E-state index in [1.54, 1.807) is 0 Å². The second-order valence-electron chi connectivity index (χ2n) is 4.84. The minimum absolute atomic E-state index is 0.00646. The van der Waals surface area contributed by atoms with E-state index in [2.05, 4.69) is 6.92 Å². The number of hydrogen-bond acceptors (Lipinski definition) is 3. The smallest absolute Gasteiger partial charge is 0.204 e. The molecule has 0 amide bonds. The van der Waals surface area contributed by atoms with E-state index in [-0.39, 0.29) is 23.6 Å². The second-order valence-corrected chi connectivity index (χ2v) is 4.84. The lowest BCUT2D eigenvalue weighted by atomic mass is 9.95. The number of ether oxygens (including phenoxy) is 1. The lowest BCUT2D eigenvalue weighted by Gasteiger charge is -2.18. The van der Waals surface area contributed by atoms with Crippen LogP contribution in [0.4, 0.5) is 0 Å². The highest BCUT2D eigenvalue weighted by Gasteiger charge is 2.36. The largest absolute Gasteiger partial charge is 0.377 e. The molecule has 98 valence electrons. The molecular formula is C14H24O3. The van der Waals surface area contributed by atoms with Gasteiger partial charge in [0.25, 0.3) is 0 Å². The molecule has 0 N–H and O–H groups in total. The Morgan fingerprint density at radius 2 is 1.94 bits per heavy atom. The van der Waals surface area contributed by atoms with E-state index in [9.17, 15) is 9.59 Å². The monoisotopic (exact) mass is 240 g/mol. The fourth-order valence-electron chi connectivity index (χ4n) is 2.36. The normalized spacial score (nSPS) is 23.9. The molecular weight excluding hydrogens is 216 g/mol. The quantitative estimate of drug-likeness (QED) is 0.613. The van der Waals surface area contributed by atoms with Crippen LogP contribution in [0.1, 0.15) is 58.8 Å². The molecule has 0 spiro atoms. The van der Waals surface area contributed by atoms with Crippen molar-refractivity contribution in [3.05, 3.63) is 0 Å². The molecule has 0 heterocycles. The van der Waals surface area contributed by atoms with Crippen molar-refractivity contribution in [3.63, 3.8) is 0 Å². The van der Waals surface area contributed by atoms with Crippen LogP contribution in [0.5, 0.6) is 0 Å². The predicted octanol–water partition coefficient (Wildman–Crippen LogP) is 2.91. The van der Waals surface area contributed by atoms with Crippen molar-refractivity contribution in [2.75, 3.05) is 6.61 Å². The first-order valence-corrected chi connectivity index (χ1v) is 6.89. The maximum atomic E-state index is 12.0. The van der Waals surface area contributed by atoms with Crippen LogP contribution in [-0.2, 0) is 14.3 Å². The molecule has 2 atom stereocenters. The van der Waals surface area contributed by atoms with Crippen LogP contribution >= 0.6 is 0 Å². The molecule has 0 aromatic heterocycles. The molecule has 0 aromatic carbocycles. The van der Waals surface area contributed by atoms with Gasteiger partial charge in [0, 0.05) is 13.0 Å². The predicted molar refractivity (Wildman–Crippen MR) is 66.9 cm³/mol. The van der Waals surface area contributed by atoms with E-state index < -0.39 is 0 Å². The molecule has 1 fully saturated rings. The van der Waals surface area contributed by atoms with Crippen LogP contribution in [0.3, 0.4) is 0 Å². The molecule has 0 aromatic rings. The van der Waals surface area contributed by atoms with Crippen LogP contribution in [-0.4, -0.2) is 24.3 Å². The molecule has 1 rings (SSSR count). The molecule has 0 radical (unpaired) electrons. The number of carbonyl (C=O) groups is 2. The van der Waals surface area contributed by atoms with Crippen molar-refractivity contribution in [1.29, 1.82) is 0 Å². The summed E-state index contributed by atoms with van der Waals surface area (Å²) in [6, 6.07) is 0. The molecule has 0 bridgehead atoms. The number of unbranched alkanes of at least 4 members (excludes halogenated alkanes) is 1. The number of hydrogen-bond donors (Lipinski definition) is 0. The van der Waals surface area contributed by atoms with Gasteiger partial charge < -0.3 is 4.74 Å². The second kappa shape index (κ2) is 7.59. The van der Waals surface area contributed by atoms with Gasteiger partial charge >= 0.3 is 0 Å². The third-order valence-electron chi connectivity index (χ3n) is 3.36. The average Bonchev–Trinajstić information content (AvgIpc) is 2.80. The van der Waals surface area contributed by atoms with Gasteiger partial charge in [-0.05, 0) is 25.7 Å². The van der Waals surface area contributed by atoms with Gasteiger partial charge in [-0.1, -0.05) is 26.7 Å². The zero-order valence-corrected chi connectivity index (χ0v) is 11.0. The van der Waals surface area contributed by atoms with Crippen molar-refractivity contribution < 1.29 is 14.3 Å². The van der Waals surface area contributed by atoms with Gasteiger partial charge in [-0.25, -0.2) is 0 Å². The Labute approximate surface area is 104 Å². The van der Waals surface area contributed by atoms with Crippen molar-refractivity contribution in [3.8, 4) is 0 Å². The van der Waals surface area contributed by atoms with Gasteiger partial charge in [0.05, 0.1) is 12.0 Å². The van der Waals surface area contributed by atoms with Crippen molar-refractivity contribution in [1.82, 2.24) is 0 Å². The lowest BCUT2D eigenvalue weighted by Crippen LogP contribution is -2.31. The molecule has 1 aliphatic rings. The van der Waals surface area contributed by atoms with E-state index >= 15 is 0 Å². The van der Waals surface area contributed by atoms with Gasteiger partial charge in [0.15, 0.2) is 5.78 Å². The maximum Gasteiger partial charge on any atom is 0.204 e. The van der Waals surface area contributed by atoms with Gasteiger partial charge in [-0.2, -0.15) is 0 Å². The number of rotatable bonds is 8. The van der Waals surface area contributed by atoms with Crippen LogP contribution in [0.25, 0.3) is 0 Å². The summed E-state index contributed by atoms with van der Waals surface area (Å²) < 4.78 is 5.67. The summed E-state index contributed by atoms with van der Waals surface area (Å²) in [6.45, 7) is 4.77. The SMILES string of the molecule is CCCCC(=O)C(=O)[C@H]1CCC[C@H]1OCCC. The van der Waals surface area contributed by atoms with Gasteiger partial charge in [-0.15, -0.1) is 0 Å². The third-order valence-corrected chi connectivity index (χ3v) is 3.36. The molecule has 0 unspecified atom stereocenters. The Hall–Kier alpha value is -0.700. The maximum absolute atomic E-state index is 12.0. The summed E-state index contributed by atoms with van der Waals surface area (Å²) in [5.41, 5.74) is 0. The fourth-order valence-corrected chi connectivity index (χ4v) is 2.36. The molecule has 0 saturated heterocycles. The van der Waals surface area contributed by atoms with Crippen LogP contribution in [0, 0.1) is 5.92 Å². The van der Waals surface area contributed by atoms with E-state index in [0.717, 1.165) is 38.5 Å². The standard InChI is InChI=1S/C14H24O3/c1-3-5-8-12(15)14(16)11-7-6-9-13(11)17-10-4-2/h11,13H,3-10H2,1-2H3/t11-,13+/m0/s1. The number of ketones is 2. The van der Waals surface area contributed by atoms with Crippen LogP contribution in [0.15, 0.2) is 0 Å². The van der Waals surface area contributed by atoms with Crippen LogP contribution in [0.2, 0.25) is 0 Å². The Morgan fingerprint density at radius 1 is 1.18 bits per heavy atom. The highest BCUT2D eigenvalue weighted by molar-refractivity contribution is 6.38. The Kier molecular flexibility index (Phi) is 6.41. The molecule has 1 aliphatic carbocycles. The summed E-state index contributed by atoms with van der Waals surface area (Å²) in [5.74, 6) is -0.535. The van der Waals surface area contributed by atoms with Crippen molar-refractivity contribution >= 4 is 11.6 Å². The first kappa shape index (κ1) is 14.4. The van der Waals surface area contributed by atoms with Crippen LogP contribution < -0.4 is 0 Å². The molecule has 0 aliphatic heterocycles. The van der Waals surface area contributed by atoms with E-state index in [4.69, 9.17) is 4.74 Å². The van der Waals surface area contributed by atoms with E-state index in [1.165, 1.54) is 0 Å². The summed E-state index contributed by atoms with van der Waals surface area (Å²) in [7, 11) is 0. The highest BCUT2D eigenvalue weighted by atomic mass is 16.5. The minimum Gasteiger partial charge on any atom is -0.377 e. The number of Topliss-reactive ketones (excluding diaryl/α,β-unsaturated/α-hetero) is 2. The fraction of sp³-hybridized carbons (Fsp3) is 0.857. The summed E-state index contributed by atoms with van der Waals surface area (Å²) >= 11 is 0. The summed E-state index contributed by atoms with van der Waals surface area (Å²) in [4.78, 5) is 23.7. The Bertz CT molecular complexity index is 260. The topological polar surface area (TPSA) is 43.4 Å². The lowest BCUT2D eigenvalue weighted by molar-refractivity contribution is -0.141. The minimum atomic E-state index is -0.191. The molecule has 3 heteroatoms. The highest BCUT2D eigenvalue weighted by Crippen LogP contribution is 2.29. The number of carbonyl (C=O) groups excluding carboxylic acids is 2. The Morgan fingerprint density at radius 3 is 2.59 bits per heavy atom. The Balaban J connectivity index is 2.46.